The predicted molar refractivity (Wildman–Crippen MR) is 77.9 cm³/mol. The van der Waals surface area contributed by atoms with E-state index in [1.807, 2.05) is 30.3 Å². The first-order chi connectivity index (χ1) is 9.65. The molecule has 2 aromatic carbocycles. The second-order valence-electron chi connectivity index (χ2n) is 4.48. The normalized spacial score (nSPS) is 14.1. The number of carbonyl (C=O) groups is 2. The van der Waals surface area contributed by atoms with Gasteiger partial charge in [0.1, 0.15) is 0 Å². The third-order valence-corrected chi connectivity index (χ3v) is 3.41. The van der Waals surface area contributed by atoms with Gasteiger partial charge in [0, 0.05) is 0 Å². The Bertz CT molecular complexity index is 699. The molecule has 20 heavy (non-hydrogen) atoms. The van der Waals surface area contributed by atoms with Crippen LogP contribution in [0, 0.1) is 0 Å². The molecule has 0 atom stereocenters. The zero-order valence-electron chi connectivity index (χ0n) is 10.4. The van der Waals surface area contributed by atoms with Crippen LogP contribution in [0.3, 0.4) is 0 Å². The van der Waals surface area contributed by atoms with Gasteiger partial charge in [-0.1, -0.05) is 41.9 Å². The molecule has 1 aliphatic heterocycles. The van der Waals surface area contributed by atoms with Crippen LogP contribution in [0.1, 0.15) is 10.4 Å². The average molecular weight is 287 g/mol. The van der Waals surface area contributed by atoms with Crippen LogP contribution in [0.2, 0.25) is 5.02 Å². The van der Waals surface area contributed by atoms with Crippen molar-refractivity contribution >= 4 is 29.1 Å². The van der Waals surface area contributed by atoms with Gasteiger partial charge in [-0.2, -0.15) is 0 Å². The van der Waals surface area contributed by atoms with Gasteiger partial charge in [0.25, 0.3) is 5.91 Å². The number of benzene rings is 2. The summed E-state index contributed by atoms with van der Waals surface area (Å²) in [5.41, 5.74) is 2.54. The van der Waals surface area contributed by atoms with E-state index in [1.54, 1.807) is 12.1 Å². The molecule has 0 fully saturated rings. The van der Waals surface area contributed by atoms with Crippen LogP contribution in [-0.4, -0.2) is 18.4 Å². The maximum absolute atomic E-state index is 12.0. The molecule has 1 aliphatic rings. The number of fused-ring (bicyclic) bond motifs is 1. The zero-order chi connectivity index (χ0) is 14.1. The molecule has 3 rings (SSSR count). The summed E-state index contributed by atoms with van der Waals surface area (Å²) in [4.78, 5) is 23.5. The lowest BCUT2D eigenvalue weighted by Gasteiger charge is -2.11. The Balaban J connectivity index is 2.16. The highest BCUT2D eigenvalue weighted by Gasteiger charge is 2.22. The standard InChI is InChI=1S/C15H11ClN2O2/c16-12-7-10(9-4-2-1-3-5-9)6-11-14(12)18-13(19)8-17-15(11)20/h1-7H,8H2,(H,17,20)(H,18,19). The van der Waals surface area contributed by atoms with Crippen molar-refractivity contribution in [3.8, 4) is 11.1 Å². The molecular formula is C15H11ClN2O2. The van der Waals surface area contributed by atoms with Crippen molar-refractivity contribution < 1.29 is 9.59 Å². The Hall–Kier alpha value is -2.33. The van der Waals surface area contributed by atoms with E-state index in [0.29, 0.717) is 16.3 Å². The van der Waals surface area contributed by atoms with Crippen molar-refractivity contribution in [3.05, 3.63) is 53.1 Å². The van der Waals surface area contributed by atoms with E-state index in [4.69, 9.17) is 11.6 Å². The monoisotopic (exact) mass is 286 g/mol. The highest BCUT2D eigenvalue weighted by Crippen LogP contribution is 2.33. The van der Waals surface area contributed by atoms with Crippen LogP contribution in [0.4, 0.5) is 5.69 Å². The average Bonchev–Trinajstić information content (AvgIpc) is 2.61. The van der Waals surface area contributed by atoms with Gasteiger partial charge < -0.3 is 10.6 Å². The Labute approximate surface area is 120 Å². The predicted octanol–water partition coefficient (Wildman–Crippen LogP) is 2.69. The maximum Gasteiger partial charge on any atom is 0.253 e. The topological polar surface area (TPSA) is 58.2 Å². The van der Waals surface area contributed by atoms with Gasteiger partial charge in [0.15, 0.2) is 0 Å². The fourth-order valence-corrected chi connectivity index (χ4v) is 2.42. The van der Waals surface area contributed by atoms with Crippen molar-refractivity contribution in [1.82, 2.24) is 5.32 Å². The van der Waals surface area contributed by atoms with Crippen molar-refractivity contribution in [1.29, 1.82) is 0 Å². The number of carbonyl (C=O) groups excluding carboxylic acids is 2. The molecule has 5 heteroatoms. The van der Waals surface area contributed by atoms with E-state index >= 15 is 0 Å². The summed E-state index contributed by atoms with van der Waals surface area (Å²) in [5, 5.41) is 5.55. The summed E-state index contributed by atoms with van der Waals surface area (Å²) in [5.74, 6) is -0.593. The first kappa shape index (κ1) is 12.7. The van der Waals surface area contributed by atoms with Gasteiger partial charge >= 0.3 is 0 Å². The molecule has 0 bridgehead atoms. The SMILES string of the molecule is O=C1CNC(=O)c2cc(-c3ccccc3)cc(Cl)c2N1. The van der Waals surface area contributed by atoms with Gasteiger partial charge in [0.05, 0.1) is 22.8 Å². The largest absolute Gasteiger partial charge is 0.343 e. The highest BCUT2D eigenvalue weighted by molar-refractivity contribution is 6.35. The Morgan fingerprint density at radius 1 is 1.00 bits per heavy atom. The highest BCUT2D eigenvalue weighted by atomic mass is 35.5. The fraction of sp³-hybridized carbons (Fsp3) is 0.0667. The number of hydrogen-bond acceptors (Lipinski definition) is 2. The number of halogens is 1. The van der Waals surface area contributed by atoms with Gasteiger partial charge in [-0.15, -0.1) is 0 Å². The van der Waals surface area contributed by atoms with E-state index in [2.05, 4.69) is 10.6 Å². The van der Waals surface area contributed by atoms with Crippen LogP contribution in [0.25, 0.3) is 11.1 Å². The third kappa shape index (κ3) is 2.26. The number of amides is 2. The third-order valence-electron chi connectivity index (χ3n) is 3.12. The molecule has 2 amide bonds. The zero-order valence-corrected chi connectivity index (χ0v) is 11.2. The van der Waals surface area contributed by atoms with Gasteiger partial charge in [-0.05, 0) is 23.3 Å². The van der Waals surface area contributed by atoms with Gasteiger partial charge in [0.2, 0.25) is 5.91 Å². The molecule has 0 spiro atoms. The molecule has 0 saturated heterocycles. The Kier molecular flexibility index (Phi) is 3.16. The first-order valence-electron chi connectivity index (χ1n) is 6.12. The minimum absolute atomic E-state index is 0.0511. The smallest absolute Gasteiger partial charge is 0.253 e. The summed E-state index contributed by atoms with van der Waals surface area (Å²) < 4.78 is 0. The van der Waals surface area contributed by atoms with Gasteiger partial charge in [-0.3, -0.25) is 9.59 Å². The molecule has 2 N–H and O–H groups in total. The van der Waals surface area contributed by atoms with Crippen molar-refractivity contribution in [2.45, 2.75) is 0 Å². The number of hydrogen-bond donors (Lipinski definition) is 2. The van der Waals surface area contributed by atoms with Crippen LogP contribution in [0.15, 0.2) is 42.5 Å². The lowest BCUT2D eigenvalue weighted by Crippen LogP contribution is -2.28. The van der Waals surface area contributed by atoms with Crippen molar-refractivity contribution in [3.63, 3.8) is 0 Å². The molecule has 2 aromatic rings. The van der Waals surface area contributed by atoms with E-state index < -0.39 is 0 Å². The fourth-order valence-electron chi connectivity index (χ4n) is 2.15. The summed E-state index contributed by atoms with van der Waals surface area (Å²) in [6, 6.07) is 13.1. The van der Waals surface area contributed by atoms with E-state index in [0.717, 1.165) is 11.1 Å². The van der Waals surface area contributed by atoms with E-state index in [9.17, 15) is 9.59 Å². The Morgan fingerprint density at radius 3 is 2.50 bits per heavy atom. The molecule has 0 unspecified atom stereocenters. The van der Waals surface area contributed by atoms with Crippen molar-refractivity contribution in [2.75, 3.05) is 11.9 Å². The van der Waals surface area contributed by atoms with Crippen LogP contribution in [0.5, 0.6) is 0 Å². The van der Waals surface area contributed by atoms with E-state index in [1.165, 1.54) is 0 Å². The van der Waals surface area contributed by atoms with Crippen LogP contribution >= 0.6 is 11.6 Å². The lowest BCUT2D eigenvalue weighted by molar-refractivity contribution is -0.115. The van der Waals surface area contributed by atoms with Gasteiger partial charge in [-0.25, -0.2) is 0 Å². The number of nitrogens with one attached hydrogen (secondary N) is 2. The van der Waals surface area contributed by atoms with E-state index in [-0.39, 0.29) is 18.4 Å². The molecular weight excluding hydrogens is 276 g/mol. The minimum atomic E-state index is -0.307. The van der Waals surface area contributed by atoms with Crippen LogP contribution in [-0.2, 0) is 4.79 Å². The second kappa shape index (κ2) is 4.98. The first-order valence-corrected chi connectivity index (χ1v) is 6.50. The number of anilines is 1. The molecule has 100 valence electrons. The lowest BCUT2D eigenvalue weighted by atomic mass is 10.0. The summed E-state index contributed by atoms with van der Waals surface area (Å²) in [6.07, 6.45) is 0. The maximum atomic E-state index is 12.0. The molecule has 4 nitrogen and oxygen atoms in total. The molecule has 0 radical (unpaired) electrons. The quantitative estimate of drug-likeness (QED) is 0.847. The minimum Gasteiger partial charge on any atom is -0.343 e. The Morgan fingerprint density at radius 2 is 1.75 bits per heavy atom. The van der Waals surface area contributed by atoms with Crippen molar-refractivity contribution in [2.24, 2.45) is 0 Å². The summed E-state index contributed by atoms with van der Waals surface area (Å²) in [7, 11) is 0. The summed E-state index contributed by atoms with van der Waals surface area (Å²) in [6.45, 7) is -0.0511. The number of rotatable bonds is 1. The molecule has 1 heterocycles. The molecule has 0 aromatic heterocycles. The molecule has 0 aliphatic carbocycles. The summed E-state index contributed by atoms with van der Waals surface area (Å²) >= 11 is 6.21. The molecule has 0 saturated carbocycles. The van der Waals surface area contributed by atoms with Crippen LogP contribution < -0.4 is 10.6 Å². The second-order valence-corrected chi connectivity index (χ2v) is 4.88.